The number of hydrogen-bond donors (Lipinski definition) is 1. The van der Waals surface area contributed by atoms with Gasteiger partial charge < -0.3 is 5.32 Å². The van der Waals surface area contributed by atoms with Gasteiger partial charge in [0.15, 0.2) is 0 Å². The van der Waals surface area contributed by atoms with Crippen molar-refractivity contribution < 1.29 is 0 Å². The summed E-state index contributed by atoms with van der Waals surface area (Å²) in [7, 11) is 0. The number of nitrogens with one attached hydrogen (secondary N) is 1. The maximum atomic E-state index is 3.26. The van der Waals surface area contributed by atoms with E-state index in [1.54, 1.807) is 0 Å². The monoisotopic (exact) mass is 119 g/mol. The molecule has 2 heteroatoms. The molecule has 2 fully saturated rings. The molecule has 0 bridgehead atoms. The van der Waals surface area contributed by atoms with Crippen LogP contribution in [0.25, 0.3) is 0 Å². The summed E-state index contributed by atoms with van der Waals surface area (Å²) in [6.07, 6.45) is 3.00. The smallest absolute Gasteiger partial charge is 0.00202 e. The van der Waals surface area contributed by atoms with Gasteiger partial charge in [-0.05, 0) is 18.3 Å². The Balaban J connectivity index is 0.000000245. The Kier molecular flexibility index (Phi) is 1.05. The molecular weight excluding hydrogens is 110 g/mol. The van der Waals surface area contributed by atoms with E-state index >= 15 is 0 Å². The lowest BCUT2D eigenvalue weighted by atomic mass is 10.0. The molecule has 1 saturated carbocycles. The Hall–Kier alpha value is 0.250. The van der Waals surface area contributed by atoms with Crippen LogP contribution in [0, 0.1) is 5.41 Å². The molecule has 7 heavy (non-hydrogen) atoms. The van der Waals surface area contributed by atoms with E-state index in [4.69, 9.17) is 0 Å². The highest BCUT2D eigenvalue weighted by Gasteiger charge is 2.47. The first-order valence-electron chi connectivity index (χ1n) is 2.62. The summed E-state index contributed by atoms with van der Waals surface area (Å²) >= 11 is 0. The summed E-state index contributed by atoms with van der Waals surface area (Å²) in [5.41, 5.74) is 0.861. The standard InChI is InChI=1S/C5H9N.ClH/c1-2-5(1)3-6-4-5;/h6H,1-4H2;1H. The zero-order valence-electron chi connectivity index (χ0n) is 4.24. The lowest BCUT2D eigenvalue weighted by molar-refractivity contribution is 0.324. The number of rotatable bonds is 0. The zero-order valence-corrected chi connectivity index (χ0v) is 5.05. The largest absolute Gasteiger partial charge is 0.316 e. The van der Waals surface area contributed by atoms with Crippen molar-refractivity contribution in [3.05, 3.63) is 0 Å². The average Bonchev–Trinajstić information content (AvgIpc) is 2.02. The first-order chi connectivity index (χ1) is 2.91. The second kappa shape index (κ2) is 1.36. The van der Waals surface area contributed by atoms with Crippen LogP contribution in [-0.2, 0) is 0 Å². The Morgan fingerprint density at radius 1 is 1.14 bits per heavy atom. The van der Waals surface area contributed by atoms with E-state index in [1.807, 2.05) is 0 Å². The van der Waals surface area contributed by atoms with Gasteiger partial charge in [-0.2, -0.15) is 0 Å². The van der Waals surface area contributed by atoms with Crippen molar-refractivity contribution in [1.29, 1.82) is 0 Å². The maximum Gasteiger partial charge on any atom is 0.00202 e. The summed E-state index contributed by atoms with van der Waals surface area (Å²) in [6, 6.07) is 0. The molecule has 2 aliphatic rings. The Morgan fingerprint density at radius 2 is 1.71 bits per heavy atom. The molecule has 1 nitrogen and oxygen atoms in total. The molecule has 1 heterocycles. The molecule has 42 valence electrons. The SMILES string of the molecule is C1CC12CNC2.Cl. The molecule has 0 aromatic heterocycles. The van der Waals surface area contributed by atoms with Crippen LogP contribution in [0.1, 0.15) is 12.8 Å². The van der Waals surface area contributed by atoms with Crippen molar-refractivity contribution in [3.8, 4) is 0 Å². The maximum absolute atomic E-state index is 3.26. The fourth-order valence-corrected chi connectivity index (χ4v) is 1.01. The van der Waals surface area contributed by atoms with Gasteiger partial charge in [0.05, 0.1) is 0 Å². The Morgan fingerprint density at radius 3 is 1.71 bits per heavy atom. The molecule has 0 amide bonds. The van der Waals surface area contributed by atoms with E-state index in [0.717, 1.165) is 5.41 Å². The van der Waals surface area contributed by atoms with Gasteiger partial charge in [-0.1, -0.05) is 0 Å². The molecule has 1 aliphatic heterocycles. The van der Waals surface area contributed by atoms with Gasteiger partial charge in [0, 0.05) is 13.1 Å². The van der Waals surface area contributed by atoms with E-state index in [1.165, 1.54) is 25.9 Å². The topological polar surface area (TPSA) is 12.0 Å². The van der Waals surface area contributed by atoms with Gasteiger partial charge in [0.25, 0.3) is 0 Å². The molecule has 0 aromatic carbocycles. The number of halogens is 1. The van der Waals surface area contributed by atoms with Crippen molar-refractivity contribution in [2.75, 3.05) is 13.1 Å². The van der Waals surface area contributed by atoms with Gasteiger partial charge in [-0.3, -0.25) is 0 Å². The highest BCUT2D eigenvalue weighted by Crippen LogP contribution is 2.48. The minimum absolute atomic E-state index is 0. The van der Waals surface area contributed by atoms with Crippen LogP contribution in [0.2, 0.25) is 0 Å². The van der Waals surface area contributed by atoms with Gasteiger partial charge >= 0.3 is 0 Å². The molecule has 1 N–H and O–H groups in total. The van der Waals surface area contributed by atoms with E-state index in [2.05, 4.69) is 5.32 Å². The molecule has 0 unspecified atom stereocenters. The molecule has 2 rings (SSSR count). The quantitative estimate of drug-likeness (QED) is 0.497. The van der Waals surface area contributed by atoms with Crippen LogP contribution in [-0.4, -0.2) is 13.1 Å². The minimum Gasteiger partial charge on any atom is -0.316 e. The van der Waals surface area contributed by atoms with E-state index in [-0.39, 0.29) is 12.4 Å². The Labute approximate surface area is 49.9 Å². The van der Waals surface area contributed by atoms with Crippen molar-refractivity contribution in [1.82, 2.24) is 5.32 Å². The van der Waals surface area contributed by atoms with Crippen LogP contribution >= 0.6 is 12.4 Å². The molecule has 1 aliphatic carbocycles. The summed E-state index contributed by atoms with van der Waals surface area (Å²) in [4.78, 5) is 0. The molecule has 1 spiro atoms. The van der Waals surface area contributed by atoms with Crippen molar-refractivity contribution in [2.45, 2.75) is 12.8 Å². The van der Waals surface area contributed by atoms with Gasteiger partial charge in [-0.25, -0.2) is 0 Å². The third-order valence-electron chi connectivity index (χ3n) is 1.96. The predicted octanol–water partition coefficient (Wildman–Crippen LogP) is 0.792. The second-order valence-electron chi connectivity index (χ2n) is 2.60. The zero-order chi connectivity index (χ0) is 4.04. The molecule has 0 aromatic rings. The normalized spacial score (nSPS) is 30.9. The molecule has 1 saturated heterocycles. The summed E-state index contributed by atoms with van der Waals surface area (Å²) < 4.78 is 0. The van der Waals surface area contributed by atoms with Crippen molar-refractivity contribution in [3.63, 3.8) is 0 Å². The fraction of sp³-hybridized carbons (Fsp3) is 1.00. The highest BCUT2D eigenvalue weighted by molar-refractivity contribution is 5.85. The third-order valence-corrected chi connectivity index (χ3v) is 1.96. The molecule has 0 radical (unpaired) electrons. The summed E-state index contributed by atoms with van der Waals surface area (Å²) in [5, 5.41) is 3.26. The fourth-order valence-electron chi connectivity index (χ4n) is 1.01. The van der Waals surface area contributed by atoms with Crippen LogP contribution in [0.15, 0.2) is 0 Å². The summed E-state index contributed by atoms with van der Waals surface area (Å²) in [5.74, 6) is 0. The summed E-state index contributed by atoms with van der Waals surface area (Å²) in [6.45, 7) is 2.62. The van der Waals surface area contributed by atoms with E-state index < -0.39 is 0 Å². The first-order valence-corrected chi connectivity index (χ1v) is 2.62. The first kappa shape index (κ1) is 5.39. The van der Waals surface area contributed by atoms with E-state index in [9.17, 15) is 0 Å². The number of hydrogen-bond acceptors (Lipinski definition) is 1. The van der Waals surface area contributed by atoms with Gasteiger partial charge in [0.1, 0.15) is 0 Å². The van der Waals surface area contributed by atoms with Crippen LogP contribution in [0.4, 0.5) is 0 Å². The van der Waals surface area contributed by atoms with Gasteiger partial charge in [0.2, 0.25) is 0 Å². The predicted molar refractivity (Wildman–Crippen MR) is 31.8 cm³/mol. The van der Waals surface area contributed by atoms with E-state index in [0.29, 0.717) is 0 Å². The molecule has 0 atom stereocenters. The van der Waals surface area contributed by atoms with Crippen LogP contribution in [0.3, 0.4) is 0 Å². The second-order valence-corrected chi connectivity index (χ2v) is 2.60. The minimum atomic E-state index is 0. The third kappa shape index (κ3) is 0.643. The lowest BCUT2D eigenvalue weighted by Gasteiger charge is -2.26. The highest BCUT2D eigenvalue weighted by atomic mass is 35.5. The lowest BCUT2D eigenvalue weighted by Crippen LogP contribution is -2.43. The average molecular weight is 120 g/mol. The van der Waals surface area contributed by atoms with Gasteiger partial charge in [-0.15, -0.1) is 12.4 Å². The van der Waals surface area contributed by atoms with Crippen LogP contribution in [0.5, 0.6) is 0 Å². The molecular formula is C5H10ClN. The Bertz CT molecular complexity index is 72.1. The van der Waals surface area contributed by atoms with Crippen molar-refractivity contribution >= 4 is 12.4 Å². The van der Waals surface area contributed by atoms with Crippen molar-refractivity contribution in [2.24, 2.45) is 5.41 Å². The van der Waals surface area contributed by atoms with Crippen LogP contribution < -0.4 is 5.32 Å².